The van der Waals surface area contributed by atoms with E-state index in [1.54, 1.807) is 12.1 Å². The summed E-state index contributed by atoms with van der Waals surface area (Å²) in [6, 6.07) is 5.23. The first-order valence-electron chi connectivity index (χ1n) is 8.25. The zero-order chi connectivity index (χ0) is 17.2. The van der Waals surface area contributed by atoms with E-state index in [-0.39, 0.29) is 11.3 Å². The minimum atomic E-state index is -0.395. The van der Waals surface area contributed by atoms with Crippen LogP contribution in [0.2, 0.25) is 0 Å². The van der Waals surface area contributed by atoms with Crippen molar-refractivity contribution in [1.29, 1.82) is 0 Å². The van der Waals surface area contributed by atoms with Gasteiger partial charge in [-0.2, -0.15) is 0 Å². The number of fused-ring (bicyclic) bond motifs is 1. The van der Waals surface area contributed by atoms with Gasteiger partial charge in [-0.15, -0.1) is 0 Å². The summed E-state index contributed by atoms with van der Waals surface area (Å²) >= 11 is 0. The predicted molar refractivity (Wildman–Crippen MR) is 86.9 cm³/mol. The van der Waals surface area contributed by atoms with Gasteiger partial charge < -0.3 is 19.1 Å². The van der Waals surface area contributed by atoms with E-state index < -0.39 is 5.97 Å². The third-order valence-electron chi connectivity index (χ3n) is 4.87. The Bertz CT molecular complexity index is 636. The van der Waals surface area contributed by atoms with Gasteiger partial charge in [0.25, 0.3) is 0 Å². The van der Waals surface area contributed by atoms with Crippen molar-refractivity contribution in [2.24, 2.45) is 5.41 Å². The molecule has 0 radical (unpaired) electrons. The predicted octanol–water partition coefficient (Wildman–Crippen LogP) is 2.01. The molecule has 0 unspecified atom stereocenters. The summed E-state index contributed by atoms with van der Waals surface area (Å²) in [5, 5.41) is 0. The number of hydrogen-bond donors (Lipinski definition) is 0. The smallest absolute Gasteiger partial charge is 0.337 e. The molecule has 1 aromatic carbocycles. The summed E-state index contributed by atoms with van der Waals surface area (Å²) in [6.07, 6.45) is 1.49. The Hall–Kier alpha value is -2.08. The largest absolute Gasteiger partial charge is 0.491 e. The van der Waals surface area contributed by atoms with Gasteiger partial charge >= 0.3 is 5.97 Å². The van der Waals surface area contributed by atoms with E-state index in [2.05, 4.69) is 0 Å². The van der Waals surface area contributed by atoms with Gasteiger partial charge in [0.2, 0.25) is 5.91 Å². The molecule has 0 aliphatic carbocycles. The lowest BCUT2D eigenvalue weighted by atomic mass is 9.81. The Labute approximate surface area is 141 Å². The van der Waals surface area contributed by atoms with Crippen molar-refractivity contribution in [3.63, 3.8) is 0 Å². The summed E-state index contributed by atoms with van der Waals surface area (Å²) in [6.45, 7) is 4.72. The van der Waals surface area contributed by atoms with E-state index in [1.165, 1.54) is 7.11 Å². The number of carbonyl (C=O) groups is 2. The zero-order valence-electron chi connectivity index (χ0n) is 14.2. The van der Waals surface area contributed by atoms with Crippen LogP contribution in [-0.2, 0) is 20.8 Å². The zero-order valence-corrected chi connectivity index (χ0v) is 14.2. The molecule has 0 N–H and O–H groups in total. The second kappa shape index (κ2) is 6.81. The van der Waals surface area contributed by atoms with Crippen molar-refractivity contribution in [1.82, 2.24) is 4.90 Å². The molecule has 2 aliphatic heterocycles. The molecule has 0 aromatic heterocycles. The van der Waals surface area contributed by atoms with Crippen LogP contribution in [0, 0.1) is 5.41 Å². The first-order chi connectivity index (χ1) is 11.5. The molecule has 6 nitrogen and oxygen atoms in total. The van der Waals surface area contributed by atoms with Gasteiger partial charge in [0.1, 0.15) is 12.4 Å². The maximum absolute atomic E-state index is 13.0. The standard InChI is InChI=1S/C18H23NO5/c1-18(5-8-23-9-6-18)17(21)19-7-10-24-15-11-13(16(20)22-2)3-4-14(15)12-19/h3-4,11H,5-10,12H2,1-2H3. The highest BCUT2D eigenvalue weighted by atomic mass is 16.5. The lowest BCUT2D eigenvalue weighted by molar-refractivity contribution is -0.147. The third-order valence-corrected chi connectivity index (χ3v) is 4.87. The molecule has 0 spiro atoms. The first-order valence-corrected chi connectivity index (χ1v) is 8.25. The molecule has 2 aliphatic rings. The molecular formula is C18H23NO5. The summed E-state index contributed by atoms with van der Waals surface area (Å²) in [7, 11) is 1.35. The highest BCUT2D eigenvalue weighted by Crippen LogP contribution is 2.34. The molecule has 3 rings (SSSR count). The van der Waals surface area contributed by atoms with Crippen molar-refractivity contribution in [2.45, 2.75) is 26.3 Å². The Morgan fingerprint density at radius 2 is 1.96 bits per heavy atom. The SMILES string of the molecule is COC(=O)c1ccc2c(c1)OCCN(C(=O)C1(C)CCOCC1)C2. The van der Waals surface area contributed by atoms with E-state index in [0.717, 1.165) is 18.4 Å². The molecule has 0 atom stereocenters. The lowest BCUT2D eigenvalue weighted by Crippen LogP contribution is -2.45. The van der Waals surface area contributed by atoms with Gasteiger partial charge in [0.15, 0.2) is 0 Å². The van der Waals surface area contributed by atoms with E-state index >= 15 is 0 Å². The maximum Gasteiger partial charge on any atom is 0.337 e. The number of nitrogens with zero attached hydrogens (tertiary/aromatic N) is 1. The second-order valence-corrected chi connectivity index (χ2v) is 6.56. The summed E-state index contributed by atoms with van der Waals surface area (Å²) < 4.78 is 15.9. The minimum Gasteiger partial charge on any atom is -0.491 e. The number of hydrogen-bond acceptors (Lipinski definition) is 5. The van der Waals surface area contributed by atoms with Crippen LogP contribution >= 0.6 is 0 Å². The van der Waals surface area contributed by atoms with Crippen LogP contribution in [0.4, 0.5) is 0 Å². The molecule has 130 valence electrons. The maximum atomic E-state index is 13.0. The summed E-state index contributed by atoms with van der Waals surface area (Å²) in [4.78, 5) is 26.5. The fraction of sp³-hybridized carbons (Fsp3) is 0.556. The molecule has 0 saturated carbocycles. The fourth-order valence-corrected chi connectivity index (χ4v) is 3.21. The molecule has 24 heavy (non-hydrogen) atoms. The third kappa shape index (κ3) is 3.24. The number of benzene rings is 1. The van der Waals surface area contributed by atoms with Crippen LogP contribution in [0.15, 0.2) is 18.2 Å². The van der Waals surface area contributed by atoms with Gasteiger partial charge in [0.05, 0.1) is 24.6 Å². The van der Waals surface area contributed by atoms with Crippen molar-refractivity contribution in [3.05, 3.63) is 29.3 Å². The quantitative estimate of drug-likeness (QED) is 0.775. The summed E-state index contributed by atoms with van der Waals surface area (Å²) in [5.41, 5.74) is 0.992. The molecule has 1 fully saturated rings. The Morgan fingerprint density at radius 1 is 1.21 bits per heavy atom. The molecule has 1 amide bonds. The number of ether oxygens (including phenoxy) is 3. The number of esters is 1. The van der Waals surface area contributed by atoms with E-state index in [9.17, 15) is 9.59 Å². The van der Waals surface area contributed by atoms with Gasteiger partial charge in [-0.05, 0) is 25.0 Å². The molecular weight excluding hydrogens is 310 g/mol. The number of amides is 1. The normalized spacial score (nSPS) is 19.7. The van der Waals surface area contributed by atoms with E-state index in [0.29, 0.717) is 44.2 Å². The van der Waals surface area contributed by atoms with Gasteiger partial charge in [-0.1, -0.05) is 13.0 Å². The average Bonchev–Trinajstić information content (AvgIpc) is 2.82. The molecule has 0 bridgehead atoms. The van der Waals surface area contributed by atoms with Crippen LogP contribution < -0.4 is 4.74 Å². The van der Waals surface area contributed by atoms with Crippen LogP contribution in [0.3, 0.4) is 0 Å². The Balaban J connectivity index is 1.79. The van der Waals surface area contributed by atoms with Crippen LogP contribution in [0.25, 0.3) is 0 Å². The Kier molecular flexibility index (Phi) is 4.76. The fourth-order valence-electron chi connectivity index (χ4n) is 3.21. The highest BCUT2D eigenvalue weighted by molar-refractivity contribution is 5.90. The minimum absolute atomic E-state index is 0.152. The van der Waals surface area contributed by atoms with Crippen LogP contribution in [0.5, 0.6) is 5.75 Å². The number of rotatable bonds is 2. The highest BCUT2D eigenvalue weighted by Gasteiger charge is 2.38. The lowest BCUT2D eigenvalue weighted by Gasteiger charge is -2.36. The molecule has 1 aromatic rings. The first kappa shape index (κ1) is 16.8. The van der Waals surface area contributed by atoms with E-state index in [1.807, 2.05) is 17.9 Å². The van der Waals surface area contributed by atoms with Crippen molar-refractivity contribution in [3.8, 4) is 5.75 Å². The van der Waals surface area contributed by atoms with Crippen LogP contribution in [-0.4, -0.2) is 50.3 Å². The Morgan fingerprint density at radius 3 is 2.67 bits per heavy atom. The molecule has 1 saturated heterocycles. The average molecular weight is 333 g/mol. The molecule has 6 heteroatoms. The van der Waals surface area contributed by atoms with Crippen molar-refractivity contribution in [2.75, 3.05) is 33.5 Å². The van der Waals surface area contributed by atoms with Gasteiger partial charge in [-0.25, -0.2) is 4.79 Å². The van der Waals surface area contributed by atoms with Gasteiger partial charge in [-0.3, -0.25) is 4.79 Å². The second-order valence-electron chi connectivity index (χ2n) is 6.56. The van der Waals surface area contributed by atoms with E-state index in [4.69, 9.17) is 14.2 Å². The van der Waals surface area contributed by atoms with Crippen molar-refractivity contribution >= 4 is 11.9 Å². The topological polar surface area (TPSA) is 65.1 Å². The molecule has 2 heterocycles. The van der Waals surface area contributed by atoms with Crippen LogP contribution in [0.1, 0.15) is 35.7 Å². The monoisotopic (exact) mass is 333 g/mol. The summed E-state index contributed by atoms with van der Waals surface area (Å²) in [5.74, 6) is 0.401. The van der Waals surface area contributed by atoms with Crippen molar-refractivity contribution < 1.29 is 23.8 Å². The number of methoxy groups -OCH3 is 1. The number of carbonyl (C=O) groups excluding carboxylic acids is 2. The van der Waals surface area contributed by atoms with Gasteiger partial charge in [0, 0.05) is 25.3 Å².